The van der Waals surface area contributed by atoms with E-state index in [1.54, 1.807) is 0 Å². The molecule has 0 spiro atoms. The van der Waals surface area contributed by atoms with E-state index in [9.17, 15) is 31.6 Å². The van der Waals surface area contributed by atoms with Crippen LogP contribution in [0.15, 0.2) is 455 Å². The lowest BCUT2D eigenvalue weighted by atomic mass is 10.1. The Balaban J connectivity index is 0.000000107. The minimum absolute atomic E-state index is 0.598. The number of rotatable bonds is 9. The highest BCUT2D eigenvalue weighted by Crippen LogP contribution is 2.52. The molecule has 30 rings (SSSR count). The van der Waals surface area contributed by atoms with Gasteiger partial charge in [0.25, 0.3) is 0 Å². The first-order chi connectivity index (χ1) is 72.8. The Bertz CT molecular complexity index is 11200. The first kappa shape index (κ1) is 83.9. The van der Waals surface area contributed by atoms with E-state index in [4.69, 9.17) is 0 Å². The van der Waals surface area contributed by atoms with E-state index in [2.05, 4.69) is 393 Å². The normalized spacial score (nSPS) is 11.6. The molecule has 0 radical (unpaired) electrons. The van der Waals surface area contributed by atoms with Gasteiger partial charge in [0.05, 0.1) is 168 Å². The zero-order chi connectivity index (χ0) is 97.9. The highest BCUT2D eigenvalue weighted by atomic mass is 15.1. The number of nitriles is 6. The lowest BCUT2D eigenvalue weighted by Crippen LogP contribution is -1.99. The van der Waals surface area contributed by atoms with Crippen molar-refractivity contribution in [2.45, 2.75) is 0 Å². The van der Waals surface area contributed by atoms with Crippen molar-refractivity contribution in [3.8, 4) is 87.6 Å². The molecule has 0 amide bonds. The molecule has 15 heteroatoms. The first-order valence-corrected chi connectivity index (χ1v) is 48.7. The maximum Gasteiger partial charge on any atom is 0.101 e. The van der Waals surface area contributed by atoms with Crippen LogP contribution in [0.5, 0.6) is 0 Å². The summed E-state index contributed by atoms with van der Waals surface area (Å²) in [7, 11) is 0. The standard InChI is InChI=1S/3C44H25N5/c45-26-28-15-18-32(19-16-28)48-38-22-17-29(27-46)25-36(38)42-40(48)24-21-34-33-20-23-39-41(43(33)49(44(34)42)31-11-5-2-6-12-31)35-13-7-8-14-37(35)47(39)30-9-3-1-4-10-30;45-26-28-12-4-8-18-35(28)48-38-21-11-7-17-34(38)42-40(48)25-23-32-31-22-24-39-41(43(31)49(44(32)42)36-19-9-5-13-29(36)27-46)33-16-6-10-20-37(33)47(39)30-14-2-1-3-15-30;45-26-28-10-8-14-31(24-28)48-38-19-7-5-17-36(38)42-40(48)23-21-34-33-20-22-39-41(43(33)49(44(34)42)32-15-9-11-29(25-32)27-46)35-16-4-6-18-37(35)47(39)30-12-2-1-3-13-30/h3*1-25H. The highest BCUT2D eigenvalue weighted by molar-refractivity contribution is 6.36. The van der Waals surface area contributed by atoms with Gasteiger partial charge < -0.3 is 41.1 Å². The van der Waals surface area contributed by atoms with Gasteiger partial charge in [-0.05, 0) is 218 Å². The number of fused-ring (bicyclic) bond motifs is 33. The van der Waals surface area contributed by atoms with Crippen LogP contribution in [-0.2, 0) is 0 Å². The number of nitrogens with zero attached hydrogens (tertiary/aromatic N) is 15. The zero-order valence-electron chi connectivity index (χ0n) is 78.5. The molecule has 0 saturated heterocycles. The second-order valence-electron chi connectivity index (χ2n) is 37.2. The number of para-hydroxylation sites is 11. The Morgan fingerprint density at radius 1 is 0.129 bits per heavy atom. The molecule has 0 atom stereocenters. The summed E-state index contributed by atoms with van der Waals surface area (Å²) in [6, 6.07) is 171. The summed E-state index contributed by atoms with van der Waals surface area (Å²) >= 11 is 0. The topological polar surface area (TPSA) is 187 Å². The molecule has 9 aromatic heterocycles. The van der Waals surface area contributed by atoms with Gasteiger partial charge in [-0.25, -0.2) is 0 Å². The molecule has 30 aromatic rings. The summed E-state index contributed by atoms with van der Waals surface area (Å²) in [6.07, 6.45) is 0. The molecule has 0 N–H and O–H groups in total. The van der Waals surface area contributed by atoms with Crippen LogP contribution in [0.4, 0.5) is 0 Å². The number of hydrogen-bond donors (Lipinski definition) is 0. The monoisotopic (exact) mass is 1870 g/mol. The molecule has 147 heavy (non-hydrogen) atoms. The quantitative estimate of drug-likeness (QED) is 0.138. The Morgan fingerprint density at radius 3 is 0.707 bits per heavy atom. The predicted molar refractivity (Wildman–Crippen MR) is 597 cm³/mol. The highest BCUT2D eigenvalue weighted by Gasteiger charge is 2.32. The van der Waals surface area contributed by atoms with Gasteiger partial charge in [0, 0.05) is 137 Å². The van der Waals surface area contributed by atoms with Crippen LogP contribution < -0.4 is 0 Å². The Kier molecular flexibility index (Phi) is 19.0. The predicted octanol–water partition coefficient (Wildman–Crippen LogP) is 32.2. The van der Waals surface area contributed by atoms with Crippen molar-refractivity contribution in [2.75, 3.05) is 0 Å². The molecule has 678 valence electrons. The summed E-state index contributed by atoms with van der Waals surface area (Å²) < 4.78 is 20.9. The van der Waals surface area contributed by atoms with Crippen LogP contribution in [-0.4, -0.2) is 41.1 Å². The van der Waals surface area contributed by atoms with Gasteiger partial charge in [0.15, 0.2) is 0 Å². The lowest BCUT2D eigenvalue weighted by Gasteiger charge is -2.12. The molecule has 15 nitrogen and oxygen atoms in total. The van der Waals surface area contributed by atoms with Crippen LogP contribution in [0, 0.1) is 68.0 Å². The molecular weight excluding hydrogens is 1800 g/mol. The molecule has 9 heterocycles. The van der Waals surface area contributed by atoms with E-state index in [1.165, 1.54) is 21.5 Å². The fourth-order valence-electron chi connectivity index (χ4n) is 23.8. The van der Waals surface area contributed by atoms with Crippen molar-refractivity contribution in [2.24, 2.45) is 0 Å². The number of aromatic nitrogens is 9. The van der Waals surface area contributed by atoms with E-state index in [1.807, 2.05) is 140 Å². The third-order valence-electron chi connectivity index (χ3n) is 29.6. The van der Waals surface area contributed by atoms with Crippen LogP contribution in [0.25, 0.3) is 247 Å². The third kappa shape index (κ3) is 12.4. The van der Waals surface area contributed by atoms with E-state index < -0.39 is 0 Å². The van der Waals surface area contributed by atoms with E-state index in [-0.39, 0.29) is 0 Å². The Morgan fingerprint density at radius 2 is 0.361 bits per heavy atom. The first-order valence-electron chi connectivity index (χ1n) is 48.7. The van der Waals surface area contributed by atoms with Crippen molar-refractivity contribution in [3.05, 3.63) is 488 Å². The van der Waals surface area contributed by atoms with Crippen molar-refractivity contribution >= 4 is 196 Å². The molecule has 0 unspecified atom stereocenters. The maximum absolute atomic E-state index is 10.5. The smallest absolute Gasteiger partial charge is 0.101 e. The number of benzene rings is 21. The summed E-state index contributed by atoms with van der Waals surface area (Å²) in [5, 5.41) is 80.2. The van der Waals surface area contributed by atoms with E-state index in [0.29, 0.717) is 33.4 Å². The Labute approximate surface area is 839 Å². The molecule has 0 fully saturated rings. The molecule has 21 aromatic carbocycles. The largest absolute Gasteiger partial charge is 0.309 e. The summed E-state index contributed by atoms with van der Waals surface area (Å²) in [4.78, 5) is 0. The van der Waals surface area contributed by atoms with Gasteiger partial charge >= 0.3 is 0 Å². The molecular formula is C132H75N15. The van der Waals surface area contributed by atoms with Crippen molar-refractivity contribution in [1.29, 1.82) is 31.6 Å². The minimum Gasteiger partial charge on any atom is -0.309 e. The van der Waals surface area contributed by atoms with Crippen LogP contribution >= 0.6 is 0 Å². The Hall–Kier alpha value is -21.2. The SMILES string of the molecule is N#Cc1ccc(-n2c3ccc(C#N)cc3c3c2ccc2c4ccc5c(c6ccccc6n5-c5ccccc5)c4n(-c4ccccc4)c23)cc1.N#Cc1cccc(-n2c3ccccc3c3c2ccc2c4ccc5c(c6ccccc6n5-c5ccccc5)c4n(-c4cccc(C#N)c4)c23)c1.N#Cc1ccccc1-n1c2ccccc2c2c1ccc1c3ccc4c(c5ccccc5n4-c4ccccc4)c3n(-c3ccccc3C#N)c12. The fraction of sp³-hybridized carbons (Fsp3) is 0. The minimum atomic E-state index is 0.598. The maximum atomic E-state index is 10.5. The second kappa shape index (κ2) is 33.2. The van der Waals surface area contributed by atoms with Gasteiger partial charge in [-0.2, -0.15) is 31.6 Å². The zero-order valence-corrected chi connectivity index (χ0v) is 78.5. The molecule has 0 saturated carbocycles. The summed E-state index contributed by atoms with van der Waals surface area (Å²) in [5.74, 6) is 0. The second-order valence-corrected chi connectivity index (χ2v) is 37.2. The van der Waals surface area contributed by atoms with Gasteiger partial charge in [0.1, 0.15) is 12.1 Å². The van der Waals surface area contributed by atoms with E-state index >= 15 is 0 Å². The van der Waals surface area contributed by atoms with Crippen LogP contribution in [0.2, 0.25) is 0 Å². The molecule has 0 aliphatic heterocycles. The van der Waals surface area contributed by atoms with Crippen molar-refractivity contribution < 1.29 is 0 Å². The van der Waals surface area contributed by atoms with Gasteiger partial charge in [0.2, 0.25) is 0 Å². The molecule has 0 bridgehead atoms. The average molecular weight is 1870 g/mol. The van der Waals surface area contributed by atoms with Crippen molar-refractivity contribution in [1.82, 2.24) is 41.1 Å². The molecule has 0 aliphatic carbocycles. The molecule has 0 aliphatic rings. The van der Waals surface area contributed by atoms with Gasteiger partial charge in [-0.3, -0.25) is 0 Å². The van der Waals surface area contributed by atoms with Gasteiger partial charge in [-0.1, -0.05) is 237 Å². The number of hydrogen-bond acceptors (Lipinski definition) is 6. The lowest BCUT2D eigenvalue weighted by molar-refractivity contribution is 1.16. The summed E-state index contributed by atoms with van der Waals surface area (Å²) in [6.45, 7) is 0. The van der Waals surface area contributed by atoms with Crippen LogP contribution in [0.1, 0.15) is 33.4 Å². The fourth-order valence-corrected chi connectivity index (χ4v) is 23.8. The van der Waals surface area contributed by atoms with Gasteiger partial charge in [-0.15, -0.1) is 0 Å². The van der Waals surface area contributed by atoms with Crippen molar-refractivity contribution in [3.63, 3.8) is 0 Å². The van der Waals surface area contributed by atoms with E-state index in [0.717, 1.165) is 226 Å². The summed E-state index contributed by atoms with van der Waals surface area (Å²) in [5.41, 5.74) is 32.0. The average Bonchev–Trinajstić information content (AvgIpc) is 1.53. The van der Waals surface area contributed by atoms with Crippen LogP contribution in [0.3, 0.4) is 0 Å². The third-order valence-corrected chi connectivity index (χ3v) is 29.6.